The van der Waals surface area contributed by atoms with Gasteiger partial charge in [0.15, 0.2) is 0 Å². The molecule has 0 heterocycles. The first-order valence-corrected chi connectivity index (χ1v) is 6.32. The molecule has 1 aromatic rings. The summed E-state index contributed by atoms with van der Waals surface area (Å²) in [6.45, 7) is 0. The average Bonchev–Trinajstić information content (AvgIpc) is 2.32. The average molecular weight is 232 g/mol. The van der Waals surface area contributed by atoms with Crippen LogP contribution in [-0.4, -0.2) is 11.9 Å². The lowest BCUT2D eigenvalue weighted by Crippen LogP contribution is -2.19. The minimum atomic E-state index is 0.200. The number of hydrogen-bond acceptors (Lipinski definition) is 2. The molecule has 92 valence electrons. The van der Waals surface area contributed by atoms with Crippen LogP contribution in [0.15, 0.2) is 24.3 Å². The summed E-state index contributed by atoms with van der Waals surface area (Å²) in [5.74, 6) is 1.13. The van der Waals surface area contributed by atoms with Gasteiger partial charge in [-0.3, -0.25) is 5.41 Å². The second kappa shape index (κ2) is 5.71. The van der Waals surface area contributed by atoms with Gasteiger partial charge in [0.1, 0.15) is 5.75 Å². The summed E-state index contributed by atoms with van der Waals surface area (Å²) in [5.41, 5.74) is 6.43. The zero-order chi connectivity index (χ0) is 12.1. The van der Waals surface area contributed by atoms with E-state index in [1.54, 1.807) is 0 Å². The normalized spacial score (nSPS) is 16.7. The van der Waals surface area contributed by atoms with E-state index in [1.165, 1.54) is 32.1 Å². The Morgan fingerprint density at radius 2 is 1.82 bits per heavy atom. The Labute approximate surface area is 102 Å². The molecule has 0 unspecified atom stereocenters. The van der Waals surface area contributed by atoms with Crippen molar-refractivity contribution in [1.82, 2.24) is 0 Å². The molecule has 0 radical (unpaired) electrons. The molecule has 0 atom stereocenters. The van der Waals surface area contributed by atoms with Crippen molar-refractivity contribution in [2.75, 3.05) is 0 Å². The third-order valence-electron chi connectivity index (χ3n) is 3.17. The summed E-state index contributed by atoms with van der Waals surface area (Å²) in [6, 6.07) is 7.93. The Bertz CT molecular complexity index is 366. The molecule has 1 saturated carbocycles. The Morgan fingerprint density at radius 3 is 2.41 bits per heavy atom. The van der Waals surface area contributed by atoms with Crippen LogP contribution in [0.3, 0.4) is 0 Å². The lowest BCUT2D eigenvalue weighted by atomic mass is 9.98. The molecule has 0 saturated heterocycles. The highest BCUT2D eigenvalue weighted by Gasteiger charge is 2.14. The first kappa shape index (κ1) is 12.0. The fraction of sp³-hybridized carbons (Fsp3) is 0.500. The number of rotatable bonds is 4. The molecule has 2 rings (SSSR count). The molecule has 1 aromatic carbocycles. The summed E-state index contributed by atoms with van der Waals surface area (Å²) >= 11 is 0. The highest BCUT2D eigenvalue weighted by molar-refractivity contribution is 5.79. The van der Waals surface area contributed by atoms with Crippen molar-refractivity contribution in [2.24, 2.45) is 5.73 Å². The summed E-state index contributed by atoms with van der Waals surface area (Å²) in [5, 5.41) is 7.24. The Hall–Kier alpha value is -1.51. The van der Waals surface area contributed by atoms with Crippen LogP contribution in [-0.2, 0) is 6.42 Å². The maximum atomic E-state index is 7.24. The number of hydrogen-bond donors (Lipinski definition) is 2. The Morgan fingerprint density at radius 1 is 1.18 bits per heavy atom. The van der Waals surface area contributed by atoms with Gasteiger partial charge >= 0.3 is 0 Å². The van der Waals surface area contributed by atoms with Crippen molar-refractivity contribution in [3.63, 3.8) is 0 Å². The fourth-order valence-electron chi connectivity index (χ4n) is 2.28. The maximum Gasteiger partial charge on any atom is 0.119 e. The Kier molecular flexibility index (Phi) is 4.02. The topological polar surface area (TPSA) is 59.1 Å². The minimum absolute atomic E-state index is 0.200. The van der Waals surface area contributed by atoms with Crippen LogP contribution in [0.2, 0.25) is 0 Å². The SMILES string of the molecule is N=C(N)Cc1ccc(OC2CCCCC2)cc1. The molecule has 1 fully saturated rings. The predicted molar refractivity (Wildman–Crippen MR) is 69.6 cm³/mol. The highest BCUT2D eigenvalue weighted by Crippen LogP contribution is 2.23. The van der Waals surface area contributed by atoms with Gasteiger partial charge in [-0.2, -0.15) is 0 Å². The molecule has 3 N–H and O–H groups in total. The van der Waals surface area contributed by atoms with Crippen molar-refractivity contribution in [3.8, 4) is 5.75 Å². The van der Waals surface area contributed by atoms with Crippen molar-refractivity contribution in [1.29, 1.82) is 5.41 Å². The molecule has 1 aliphatic rings. The van der Waals surface area contributed by atoms with Crippen molar-refractivity contribution >= 4 is 5.84 Å². The lowest BCUT2D eigenvalue weighted by molar-refractivity contribution is 0.155. The van der Waals surface area contributed by atoms with Crippen LogP contribution < -0.4 is 10.5 Å². The van der Waals surface area contributed by atoms with Crippen molar-refractivity contribution in [3.05, 3.63) is 29.8 Å². The summed E-state index contributed by atoms with van der Waals surface area (Å²) in [4.78, 5) is 0. The third kappa shape index (κ3) is 3.77. The van der Waals surface area contributed by atoms with E-state index in [4.69, 9.17) is 15.9 Å². The second-order valence-electron chi connectivity index (χ2n) is 4.72. The van der Waals surface area contributed by atoms with E-state index >= 15 is 0 Å². The first-order valence-electron chi connectivity index (χ1n) is 6.32. The minimum Gasteiger partial charge on any atom is -0.490 e. The summed E-state index contributed by atoms with van der Waals surface area (Å²) < 4.78 is 5.93. The van der Waals surface area contributed by atoms with Gasteiger partial charge in [-0.1, -0.05) is 18.6 Å². The number of nitrogens with one attached hydrogen (secondary N) is 1. The van der Waals surface area contributed by atoms with Crippen LogP contribution in [0, 0.1) is 5.41 Å². The molecule has 0 spiro atoms. The quantitative estimate of drug-likeness (QED) is 0.619. The zero-order valence-corrected chi connectivity index (χ0v) is 10.1. The smallest absolute Gasteiger partial charge is 0.119 e. The van der Waals surface area contributed by atoms with Crippen molar-refractivity contribution < 1.29 is 4.74 Å². The first-order chi connectivity index (χ1) is 8.24. The van der Waals surface area contributed by atoms with Crippen molar-refractivity contribution in [2.45, 2.75) is 44.6 Å². The van der Waals surface area contributed by atoms with Crippen LogP contribution in [0.25, 0.3) is 0 Å². The summed E-state index contributed by atoms with van der Waals surface area (Å²) in [7, 11) is 0. The molecular formula is C14H20N2O. The lowest BCUT2D eigenvalue weighted by Gasteiger charge is -2.23. The Balaban J connectivity index is 1.90. The molecule has 0 aliphatic heterocycles. The second-order valence-corrected chi connectivity index (χ2v) is 4.72. The number of nitrogens with two attached hydrogens (primary N) is 1. The van der Waals surface area contributed by atoms with Crippen LogP contribution in [0.4, 0.5) is 0 Å². The molecular weight excluding hydrogens is 212 g/mol. The fourth-order valence-corrected chi connectivity index (χ4v) is 2.28. The number of amidine groups is 1. The van der Waals surface area contributed by atoms with Gasteiger partial charge in [-0.05, 0) is 43.4 Å². The van der Waals surface area contributed by atoms with E-state index in [0.29, 0.717) is 12.5 Å². The van der Waals surface area contributed by atoms with Gasteiger partial charge in [-0.25, -0.2) is 0 Å². The molecule has 0 bridgehead atoms. The number of ether oxygens (including phenoxy) is 1. The van der Waals surface area contributed by atoms with E-state index in [2.05, 4.69) is 0 Å². The molecule has 17 heavy (non-hydrogen) atoms. The van der Waals surface area contributed by atoms with E-state index in [1.807, 2.05) is 24.3 Å². The van der Waals surface area contributed by atoms with Crippen LogP contribution in [0.1, 0.15) is 37.7 Å². The van der Waals surface area contributed by atoms with Gasteiger partial charge in [-0.15, -0.1) is 0 Å². The zero-order valence-electron chi connectivity index (χ0n) is 10.1. The maximum absolute atomic E-state index is 7.24. The molecule has 3 nitrogen and oxygen atoms in total. The largest absolute Gasteiger partial charge is 0.490 e. The van der Waals surface area contributed by atoms with Gasteiger partial charge in [0.2, 0.25) is 0 Å². The third-order valence-corrected chi connectivity index (χ3v) is 3.17. The molecule has 3 heteroatoms. The van der Waals surface area contributed by atoms with Gasteiger partial charge in [0.25, 0.3) is 0 Å². The predicted octanol–water partition coefficient (Wildman–Crippen LogP) is 2.88. The van der Waals surface area contributed by atoms with E-state index in [-0.39, 0.29) is 5.84 Å². The standard InChI is InChI=1S/C14H20N2O/c15-14(16)10-11-6-8-13(9-7-11)17-12-4-2-1-3-5-12/h6-9,12H,1-5,10H2,(H3,15,16). The van der Waals surface area contributed by atoms with Gasteiger partial charge in [0, 0.05) is 6.42 Å². The van der Waals surface area contributed by atoms with E-state index < -0.39 is 0 Å². The van der Waals surface area contributed by atoms with Gasteiger partial charge < -0.3 is 10.5 Å². The highest BCUT2D eigenvalue weighted by atomic mass is 16.5. The van der Waals surface area contributed by atoms with E-state index in [9.17, 15) is 0 Å². The monoisotopic (exact) mass is 232 g/mol. The number of benzene rings is 1. The molecule has 0 aromatic heterocycles. The summed E-state index contributed by atoms with van der Waals surface area (Å²) in [6.07, 6.45) is 7.17. The van der Waals surface area contributed by atoms with E-state index in [0.717, 1.165) is 11.3 Å². The molecule has 0 amide bonds. The van der Waals surface area contributed by atoms with Crippen LogP contribution >= 0.6 is 0 Å². The van der Waals surface area contributed by atoms with Crippen LogP contribution in [0.5, 0.6) is 5.75 Å². The van der Waals surface area contributed by atoms with Gasteiger partial charge in [0.05, 0.1) is 11.9 Å². The molecule has 1 aliphatic carbocycles.